The molecule has 1 aromatic rings. The van der Waals surface area contributed by atoms with Crippen molar-refractivity contribution in [2.75, 3.05) is 49.2 Å². The normalized spacial score (nSPS) is 22.4. The molecule has 9 heteroatoms. The molecule has 3 amide bonds. The number of rotatable bonds is 3. The van der Waals surface area contributed by atoms with Crippen LogP contribution in [0.4, 0.5) is 21.0 Å². The second kappa shape index (κ2) is 9.54. The highest BCUT2D eigenvalue weighted by Crippen LogP contribution is 2.35. The molecule has 0 unspecified atom stereocenters. The molecule has 3 aliphatic heterocycles. The number of nitrogens with zero attached hydrogens (tertiary/aromatic N) is 3. The van der Waals surface area contributed by atoms with E-state index < -0.39 is 11.7 Å². The largest absolute Gasteiger partial charge is 0.444 e. The van der Waals surface area contributed by atoms with E-state index in [1.54, 1.807) is 0 Å². The molecule has 1 atom stereocenters. The maximum Gasteiger partial charge on any atom is 0.407 e. The van der Waals surface area contributed by atoms with Crippen molar-refractivity contribution in [1.29, 1.82) is 0 Å². The third-order valence-electron chi connectivity index (χ3n) is 6.09. The molecule has 2 N–H and O–H groups in total. The van der Waals surface area contributed by atoms with Crippen LogP contribution in [0.5, 0.6) is 0 Å². The van der Waals surface area contributed by atoms with Gasteiger partial charge < -0.3 is 19.7 Å². The molecule has 0 aliphatic carbocycles. The van der Waals surface area contributed by atoms with Crippen molar-refractivity contribution in [1.82, 2.24) is 15.8 Å². The number of alkyl carbamates (subject to hydrolysis) is 1. The van der Waals surface area contributed by atoms with E-state index in [0.29, 0.717) is 25.7 Å². The van der Waals surface area contributed by atoms with Crippen LogP contribution in [-0.2, 0) is 9.47 Å². The number of urea groups is 1. The Kier molecular flexibility index (Phi) is 6.76. The molecule has 0 radical (unpaired) electrons. The van der Waals surface area contributed by atoms with Crippen LogP contribution in [0.1, 0.15) is 40.0 Å². The molecule has 176 valence electrons. The topological polar surface area (TPSA) is 86.4 Å². The van der Waals surface area contributed by atoms with Gasteiger partial charge in [-0.05, 0) is 52.2 Å². The summed E-state index contributed by atoms with van der Waals surface area (Å²) in [6.07, 6.45) is 2.36. The highest BCUT2D eigenvalue weighted by Gasteiger charge is 2.33. The second-order valence-electron chi connectivity index (χ2n) is 9.67. The summed E-state index contributed by atoms with van der Waals surface area (Å²) in [6, 6.07) is 8.37. The minimum atomic E-state index is -0.531. The zero-order valence-electron chi connectivity index (χ0n) is 19.3. The minimum Gasteiger partial charge on any atom is -0.444 e. The van der Waals surface area contributed by atoms with Gasteiger partial charge in [-0.2, -0.15) is 0 Å². The number of amides is 3. The highest BCUT2D eigenvalue weighted by molar-refractivity contribution is 5.96. The predicted molar refractivity (Wildman–Crippen MR) is 123 cm³/mol. The average Bonchev–Trinajstić information content (AvgIpc) is 3.18. The number of ether oxygens (including phenoxy) is 2. The number of hydrazine groups is 1. The molecule has 2 saturated heterocycles. The molecule has 3 heterocycles. The third-order valence-corrected chi connectivity index (χ3v) is 6.09. The minimum absolute atomic E-state index is 0.0530. The van der Waals surface area contributed by atoms with Crippen molar-refractivity contribution in [2.45, 2.75) is 57.7 Å². The monoisotopic (exact) mass is 445 g/mol. The summed E-state index contributed by atoms with van der Waals surface area (Å²) in [5.41, 5.74) is 4.53. The van der Waals surface area contributed by atoms with Gasteiger partial charge in [0, 0.05) is 51.5 Å². The molecule has 3 aliphatic rings. The number of carbonyl (C=O) groups is 2. The van der Waals surface area contributed by atoms with E-state index in [-0.39, 0.29) is 12.1 Å². The first-order chi connectivity index (χ1) is 15.3. The van der Waals surface area contributed by atoms with E-state index >= 15 is 0 Å². The number of nitrogens with one attached hydrogen (secondary N) is 2. The van der Waals surface area contributed by atoms with Crippen LogP contribution in [0, 0.1) is 0 Å². The Bertz CT molecular complexity index is 821. The van der Waals surface area contributed by atoms with E-state index in [2.05, 4.69) is 21.7 Å². The van der Waals surface area contributed by atoms with Gasteiger partial charge in [0.15, 0.2) is 0 Å². The Morgan fingerprint density at radius 2 is 1.75 bits per heavy atom. The maximum atomic E-state index is 13.1. The summed E-state index contributed by atoms with van der Waals surface area (Å²) in [7, 11) is 0. The van der Waals surface area contributed by atoms with Crippen molar-refractivity contribution in [3.8, 4) is 0 Å². The first-order valence-electron chi connectivity index (χ1n) is 11.6. The van der Waals surface area contributed by atoms with Crippen LogP contribution in [0.15, 0.2) is 24.3 Å². The third kappa shape index (κ3) is 5.45. The van der Waals surface area contributed by atoms with Crippen LogP contribution in [-0.4, -0.2) is 74.2 Å². The molecule has 0 aromatic heterocycles. The lowest BCUT2D eigenvalue weighted by Crippen LogP contribution is -2.54. The Hall–Kier alpha value is -2.52. The van der Waals surface area contributed by atoms with Gasteiger partial charge in [0.2, 0.25) is 0 Å². The van der Waals surface area contributed by atoms with E-state index in [1.165, 1.54) is 0 Å². The Morgan fingerprint density at radius 3 is 2.47 bits per heavy atom. The van der Waals surface area contributed by atoms with Crippen molar-refractivity contribution >= 4 is 23.5 Å². The fourth-order valence-corrected chi connectivity index (χ4v) is 4.62. The average molecular weight is 446 g/mol. The smallest absolute Gasteiger partial charge is 0.407 e. The highest BCUT2D eigenvalue weighted by atomic mass is 16.6. The molecule has 0 bridgehead atoms. The zero-order valence-corrected chi connectivity index (χ0v) is 19.3. The lowest BCUT2D eigenvalue weighted by atomic mass is 10.0. The van der Waals surface area contributed by atoms with Crippen LogP contribution < -0.4 is 20.5 Å². The molecule has 4 rings (SSSR count). The molecule has 32 heavy (non-hydrogen) atoms. The first kappa shape index (κ1) is 22.7. The fourth-order valence-electron chi connectivity index (χ4n) is 4.62. The van der Waals surface area contributed by atoms with E-state index in [0.717, 1.165) is 50.4 Å². The quantitative estimate of drug-likeness (QED) is 0.744. The molecule has 1 aromatic carbocycles. The lowest BCUT2D eigenvalue weighted by molar-refractivity contribution is 0.0505. The standard InChI is InChI=1S/C23H35N5O4/c1-23(2,3)32-22(30)24-17-8-11-26(16-17)25-21(29)28-13-12-27(18-9-14-31-15-10-18)19-6-4-5-7-20(19)28/h4-7,17-18H,8-16H2,1-3H3,(H,24,30)(H,25,29)/t17-/m0/s1. The number of benzene rings is 1. The number of carbonyl (C=O) groups excluding carboxylic acids is 2. The Labute approximate surface area is 190 Å². The van der Waals surface area contributed by atoms with Gasteiger partial charge in [-0.15, -0.1) is 0 Å². The van der Waals surface area contributed by atoms with Gasteiger partial charge >= 0.3 is 12.1 Å². The van der Waals surface area contributed by atoms with E-state index in [9.17, 15) is 9.59 Å². The van der Waals surface area contributed by atoms with Crippen LogP contribution in [0.3, 0.4) is 0 Å². The molecule has 0 saturated carbocycles. The summed E-state index contributed by atoms with van der Waals surface area (Å²) >= 11 is 0. The van der Waals surface area contributed by atoms with Crippen LogP contribution in [0.2, 0.25) is 0 Å². The second-order valence-corrected chi connectivity index (χ2v) is 9.67. The van der Waals surface area contributed by atoms with Gasteiger partial charge in [-0.1, -0.05) is 12.1 Å². The summed E-state index contributed by atoms with van der Waals surface area (Å²) < 4.78 is 10.9. The van der Waals surface area contributed by atoms with Gasteiger partial charge in [0.05, 0.1) is 11.4 Å². The number of hydrogen-bond acceptors (Lipinski definition) is 6. The van der Waals surface area contributed by atoms with Gasteiger partial charge in [-0.3, -0.25) is 10.3 Å². The van der Waals surface area contributed by atoms with Gasteiger partial charge in [0.25, 0.3) is 0 Å². The molecular weight excluding hydrogens is 410 g/mol. The Balaban J connectivity index is 1.35. The van der Waals surface area contributed by atoms with Gasteiger partial charge in [0.1, 0.15) is 5.60 Å². The summed E-state index contributed by atoms with van der Waals surface area (Å²) in [4.78, 5) is 29.4. The number of anilines is 2. The summed E-state index contributed by atoms with van der Waals surface area (Å²) in [5.74, 6) is 0. The van der Waals surface area contributed by atoms with E-state index in [1.807, 2.05) is 48.9 Å². The molecule has 9 nitrogen and oxygen atoms in total. The summed E-state index contributed by atoms with van der Waals surface area (Å²) in [5, 5.41) is 4.76. The molecular formula is C23H35N5O4. The first-order valence-corrected chi connectivity index (χ1v) is 11.6. The van der Waals surface area contributed by atoms with Crippen LogP contribution >= 0.6 is 0 Å². The zero-order chi connectivity index (χ0) is 22.7. The van der Waals surface area contributed by atoms with Crippen LogP contribution in [0.25, 0.3) is 0 Å². The number of hydrogen-bond donors (Lipinski definition) is 2. The Morgan fingerprint density at radius 1 is 1.03 bits per heavy atom. The van der Waals surface area contributed by atoms with Crippen molar-refractivity contribution < 1.29 is 19.1 Å². The summed E-state index contributed by atoms with van der Waals surface area (Å²) in [6.45, 7) is 9.77. The number of para-hydroxylation sites is 2. The molecule has 2 fully saturated rings. The van der Waals surface area contributed by atoms with Crippen molar-refractivity contribution in [3.05, 3.63) is 24.3 Å². The SMILES string of the molecule is CC(C)(C)OC(=O)N[C@H]1CCN(NC(=O)N2CCN(C3CCOCC3)c3ccccc32)C1. The molecule has 0 spiro atoms. The predicted octanol–water partition coefficient (Wildman–Crippen LogP) is 2.72. The number of fused-ring (bicyclic) bond motifs is 1. The van der Waals surface area contributed by atoms with Crippen molar-refractivity contribution in [2.24, 2.45) is 0 Å². The maximum absolute atomic E-state index is 13.1. The van der Waals surface area contributed by atoms with E-state index in [4.69, 9.17) is 9.47 Å². The fraction of sp³-hybridized carbons (Fsp3) is 0.652. The lowest BCUT2D eigenvalue weighted by Gasteiger charge is -2.43. The van der Waals surface area contributed by atoms with Crippen molar-refractivity contribution in [3.63, 3.8) is 0 Å². The van der Waals surface area contributed by atoms with Gasteiger partial charge in [-0.25, -0.2) is 14.6 Å².